The molecule has 1 N–H and O–H groups in total. The van der Waals surface area contributed by atoms with E-state index in [9.17, 15) is 0 Å². The van der Waals surface area contributed by atoms with Crippen LogP contribution in [0.3, 0.4) is 0 Å². The summed E-state index contributed by atoms with van der Waals surface area (Å²) in [4.78, 5) is 4.25. The number of allylic oxidation sites excluding steroid dienone is 2. The molecule has 1 aliphatic carbocycles. The molecule has 17 heavy (non-hydrogen) atoms. The average Bonchev–Trinajstić information content (AvgIpc) is 2.76. The second-order valence-electron chi connectivity index (χ2n) is 5.14. The van der Waals surface area contributed by atoms with Gasteiger partial charge in [-0.05, 0) is 67.5 Å². The van der Waals surface area contributed by atoms with Gasteiger partial charge in [0.2, 0.25) is 0 Å². The number of aryl methyl sites for hydroxylation is 1. The van der Waals surface area contributed by atoms with Gasteiger partial charge in [-0.1, -0.05) is 17.7 Å². The summed E-state index contributed by atoms with van der Waals surface area (Å²) in [6, 6.07) is 2.16. The van der Waals surface area contributed by atoms with Gasteiger partial charge in [0.15, 0.2) is 0 Å². The van der Waals surface area contributed by atoms with Crippen molar-refractivity contribution in [3.63, 3.8) is 0 Å². The van der Waals surface area contributed by atoms with Gasteiger partial charge in [0.1, 0.15) is 5.15 Å². The molecule has 2 atom stereocenters. The van der Waals surface area contributed by atoms with E-state index in [-0.39, 0.29) is 0 Å². The van der Waals surface area contributed by atoms with Crippen LogP contribution in [0.2, 0.25) is 5.15 Å². The predicted octanol–water partition coefficient (Wildman–Crippen LogP) is 3.06. The van der Waals surface area contributed by atoms with Crippen molar-refractivity contribution in [3.05, 3.63) is 34.6 Å². The van der Waals surface area contributed by atoms with Crippen molar-refractivity contribution in [2.45, 2.75) is 19.8 Å². The molecule has 3 heteroatoms. The fraction of sp³-hybridized carbons (Fsp3) is 0.500. The standard InChI is InChI=1S/C14H17ClN2/c1-9-4-12(8-17-14(9)15)11-5-10-2-3-16-7-13(10)6-11/h4-5,8,10,13,16H,2-3,6-7H2,1H3/t10-,13-/m1/s1. The average molecular weight is 249 g/mol. The highest BCUT2D eigenvalue weighted by Gasteiger charge is 2.30. The number of fused-ring (bicyclic) bond motifs is 1. The molecule has 0 spiro atoms. The first kappa shape index (κ1) is 11.2. The first-order chi connectivity index (χ1) is 8.24. The number of piperidine rings is 1. The maximum absolute atomic E-state index is 5.97. The molecular weight excluding hydrogens is 232 g/mol. The normalized spacial score (nSPS) is 27.8. The summed E-state index contributed by atoms with van der Waals surface area (Å²) in [6.07, 6.45) is 6.82. The molecule has 2 aliphatic rings. The number of nitrogens with zero attached hydrogens (tertiary/aromatic N) is 1. The fourth-order valence-electron chi connectivity index (χ4n) is 2.94. The molecule has 90 valence electrons. The Morgan fingerprint density at radius 3 is 3.12 bits per heavy atom. The van der Waals surface area contributed by atoms with E-state index >= 15 is 0 Å². The first-order valence-electron chi connectivity index (χ1n) is 6.28. The highest BCUT2D eigenvalue weighted by atomic mass is 35.5. The summed E-state index contributed by atoms with van der Waals surface area (Å²) in [5.41, 5.74) is 3.77. The molecule has 3 rings (SSSR count). The Balaban J connectivity index is 1.87. The highest BCUT2D eigenvalue weighted by molar-refractivity contribution is 6.30. The van der Waals surface area contributed by atoms with Crippen molar-refractivity contribution in [1.82, 2.24) is 10.3 Å². The fourth-order valence-corrected chi connectivity index (χ4v) is 3.05. The van der Waals surface area contributed by atoms with Crippen LogP contribution in [0.15, 0.2) is 18.3 Å². The van der Waals surface area contributed by atoms with E-state index < -0.39 is 0 Å². The van der Waals surface area contributed by atoms with Gasteiger partial charge in [-0.3, -0.25) is 0 Å². The number of rotatable bonds is 1. The molecule has 0 aromatic carbocycles. The number of pyridine rings is 1. The lowest BCUT2D eigenvalue weighted by Crippen LogP contribution is -2.33. The Morgan fingerprint density at radius 1 is 1.47 bits per heavy atom. The predicted molar refractivity (Wildman–Crippen MR) is 71.0 cm³/mol. The molecule has 2 nitrogen and oxygen atoms in total. The van der Waals surface area contributed by atoms with Gasteiger partial charge >= 0.3 is 0 Å². The van der Waals surface area contributed by atoms with Crippen LogP contribution in [0.5, 0.6) is 0 Å². The third-order valence-electron chi connectivity index (χ3n) is 3.95. The van der Waals surface area contributed by atoms with Crippen LogP contribution in [0, 0.1) is 18.8 Å². The van der Waals surface area contributed by atoms with Crippen molar-refractivity contribution in [2.75, 3.05) is 13.1 Å². The lowest BCUT2D eigenvalue weighted by atomic mass is 9.89. The number of hydrogen-bond donors (Lipinski definition) is 1. The van der Waals surface area contributed by atoms with E-state index in [1.165, 1.54) is 24.0 Å². The molecule has 1 saturated heterocycles. The Morgan fingerprint density at radius 2 is 2.35 bits per heavy atom. The molecule has 2 heterocycles. The maximum atomic E-state index is 5.97. The van der Waals surface area contributed by atoms with E-state index in [1.54, 1.807) is 0 Å². The summed E-state index contributed by atoms with van der Waals surface area (Å²) in [5.74, 6) is 1.55. The Bertz CT molecular complexity index is 467. The summed E-state index contributed by atoms with van der Waals surface area (Å²) >= 11 is 5.97. The van der Waals surface area contributed by atoms with Gasteiger partial charge < -0.3 is 5.32 Å². The second-order valence-corrected chi connectivity index (χ2v) is 5.50. The van der Waals surface area contributed by atoms with Crippen molar-refractivity contribution in [1.29, 1.82) is 0 Å². The second kappa shape index (κ2) is 4.43. The van der Waals surface area contributed by atoms with Crippen LogP contribution < -0.4 is 5.32 Å². The van der Waals surface area contributed by atoms with Crippen LogP contribution in [0.25, 0.3) is 5.57 Å². The minimum absolute atomic E-state index is 0.617. The Labute approximate surface area is 107 Å². The molecule has 1 aromatic heterocycles. The van der Waals surface area contributed by atoms with Crippen molar-refractivity contribution < 1.29 is 0 Å². The molecule has 0 unspecified atom stereocenters. The Hall–Kier alpha value is -0.860. The zero-order valence-electron chi connectivity index (χ0n) is 10.0. The van der Waals surface area contributed by atoms with Crippen molar-refractivity contribution in [2.24, 2.45) is 11.8 Å². The van der Waals surface area contributed by atoms with E-state index in [0.717, 1.165) is 30.5 Å². The monoisotopic (exact) mass is 248 g/mol. The maximum Gasteiger partial charge on any atom is 0.131 e. The number of hydrogen-bond acceptors (Lipinski definition) is 2. The molecular formula is C14H17ClN2. The first-order valence-corrected chi connectivity index (χ1v) is 6.66. The molecule has 1 aromatic rings. The van der Waals surface area contributed by atoms with Crippen molar-refractivity contribution >= 4 is 17.2 Å². The number of halogens is 1. The van der Waals surface area contributed by atoms with Gasteiger partial charge in [0.05, 0.1) is 0 Å². The largest absolute Gasteiger partial charge is 0.316 e. The molecule has 1 fully saturated rings. The zero-order chi connectivity index (χ0) is 11.8. The van der Waals surface area contributed by atoms with Crippen LogP contribution in [-0.4, -0.2) is 18.1 Å². The minimum Gasteiger partial charge on any atom is -0.316 e. The van der Waals surface area contributed by atoms with Crippen LogP contribution in [-0.2, 0) is 0 Å². The zero-order valence-corrected chi connectivity index (χ0v) is 10.8. The highest BCUT2D eigenvalue weighted by Crippen LogP contribution is 2.39. The van der Waals surface area contributed by atoms with Crippen LogP contribution in [0.4, 0.5) is 0 Å². The van der Waals surface area contributed by atoms with Gasteiger partial charge in [-0.2, -0.15) is 0 Å². The van der Waals surface area contributed by atoms with E-state index in [4.69, 9.17) is 11.6 Å². The van der Waals surface area contributed by atoms with Gasteiger partial charge in [0, 0.05) is 6.20 Å². The quantitative estimate of drug-likeness (QED) is 0.773. The van der Waals surface area contributed by atoms with Crippen molar-refractivity contribution in [3.8, 4) is 0 Å². The van der Waals surface area contributed by atoms with E-state index in [2.05, 4.69) is 22.4 Å². The topological polar surface area (TPSA) is 24.9 Å². The van der Waals surface area contributed by atoms with Crippen LogP contribution in [0.1, 0.15) is 24.0 Å². The summed E-state index contributed by atoms with van der Waals surface area (Å²) in [7, 11) is 0. The molecule has 0 amide bonds. The SMILES string of the molecule is Cc1cc(C2=C[C@H]3CCNC[C@H]3C2)cnc1Cl. The molecule has 0 radical (unpaired) electrons. The lowest BCUT2D eigenvalue weighted by Gasteiger charge is -2.25. The Kier molecular flexibility index (Phi) is 2.93. The van der Waals surface area contributed by atoms with Gasteiger partial charge in [-0.25, -0.2) is 4.98 Å². The smallest absolute Gasteiger partial charge is 0.131 e. The number of aromatic nitrogens is 1. The minimum atomic E-state index is 0.617. The molecule has 1 aliphatic heterocycles. The van der Waals surface area contributed by atoms with E-state index in [0.29, 0.717) is 5.15 Å². The van der Waals surface area contributed by atoms with Crippen LogP contribution >= 0.6 is 11.6 Å². The number of nitrogens with one attached hydrogen (secondary N) is 1. The summed E-state index contributed by atoms with van der Waals surface area (Å²) in [5, 5.41) is 4.10. The van der Waals surface area contributed by atoms with Gasteiger partial charge in [0.25, 0.3) is 0 Å². The summed E-state index contributed by atoms with van der Waals surface area (Å²) < 4.78 is 0. The summed E-state index contributed by atoms with van der Waals surface area (Å²) in [6.45, 7) is 4.33. The van der Waals surface area contributed by atoms with E-state index in [1.807, 2.05) is 13.1 Å². The molecule has 0 saturated carbocycles. The lowest BCUT2D eigenvalue weighted by molar-refractivity contribution is 0.324. The third kappa shape index (κ3) is 2.12. The molecule has 0 bridgehead atoms. The van der Waals surface area contributed by atoms with Gasteiger partial charge in [-0.15, -0.1) is 0 Å². The third-order valence-corrected chi connectivity index (χ3v) is 4.34.